The van der Waals surface area contributed by atoms with Gasteiger partial charge in [-0.05, 0) is 35.9 Å². The molecule has 0 fully saturated rings. The highest BCUT2D eigenvalue weighted by Gasteiger charge is 2.31. The average molecular weight is 461 g/mol. The summed E-state index contributed by atoms with van der Waals surface area (Å²) in [6, 6.07) is 17.6. The van der Waals surface area contributed by atoms with Gasteiger partial charge in [0.2, 0.25) is 5.88 Å². The molecule has 4 rings (SSSR count). The molecular formula is C24H16FN3O6. The molecule has 1 aliphatic heterocycles. The van der Waals surface area contributed by atoms with Gasteiger partial charge in [-0.15, -0.1) is 0 Å². The monoisotopic (exact) mass is 461 g/mol. The van der Waals surface area contributed by atoms with E-state index < -0.39 is 29.2 Å². The van der Waals surface area contributed by atoms with Gasteiger partial charge in [-0.3, -0.25) is 10.1 Å². The Bertz CT molecular complexity index is 1330. The summed E-state index contributed by atoms with van der Waals surface area (Å²) in [5.74, 6) is -1.11. The van der Waals surface area contributed by atoms with Gasteiger partial charge in [0.05, 0.1) is 10.8 Å². The summed E-state index contributed by atoms with van der Waals surface area (Å²) in [6.07, 6.45) is 0. The minimum Gasteiger partial charge on any atom is -0.482 e. The Kier molecular flexibility index (Phi) is 6.09. The lowest BCUT2D eigenvalue weighted by atomic mass is 9.83. The Morgan fingerprint density at radius 1 is 1.12 bits per heavy atom. The van der Waals surface area contributed by atoms with Crippen molar-refractivity contribution in [2.24, 2.45) is 5.73 Å². The van der Waals surface area contributed by atoms with Crippen molar-refractivity contribution in [2.45, 2.75) is 5.92 Å². The highest BCUT2D eigenvalue weighted by molar-refractivity contribution is 5.74. The lowest BCUT2D eigenvalue weighted by molar-refractivity contribution is -0.384. The number of carbonyl (C=O) groups excluding carboxylic acids is 1. The van der Waals surface area contributed by atoms with Crippen molar-refractivity contribution in [1.82, 2.24) is 0 Å². The van der Waals surface area contributed by atoms with E-state index in [1.165, 1.54) is 48.5 Å². The fraction of sp³-hybridized carbons (Fsp3) is 0.0833. The summed E-state index contributed by atoms with van der Waals surface area (Å²) in [5.41, 5.74) is 7.27. The van der Waals surface area contributed by atoms with Gasteiger partial charge >= 0.3 is 5.97 Å². The Morgan fingerprint density at radius 2 is 1.79 bits per heavy atom. The molecule has 0 bridgehead atoms. The van der Waals surface area contributed by atoms with Crippen LogP contribution in [0.5, 0.6) is 17.2 Å². The molecule has 0 saturated heterocycles. The van der Waals surface area contributed by atoms with Gasteiger partial charge in [0.1, 0.15) is 34.7 Å². The first-order valence-electron chi connectivity index (χ1n) is 9.90. The number of ether oxygens (including phenoxy) is 3. The van der Waals surface area contributed by atoms with E-state index in [1.807, 2.05) is 6.07 Å². The molecule has 1 atom stereocenters. The van der Waals surface area contributed by atoms with Crippen molar-refractivity contribution in [3.05, 3.63) is 105 Å². The summed E-state index contributed by atoms with van der Waals surface area (Å²) in [5, 5.41) is 20.3. The number of allylic oxidation sites excluding steroid dienone is 1. The number of nitrogens with two attached hydrogens (primary N) is 1. The number of benzene rings is 3. The van der Waals surface area contributed by atoms with Crippen LogP contribution >= 0.6 is 0 Å². The first-order valence-corrected chi connectivity index (χ1v) is 9.90. The van der Waals surface area contributed by atoms with Crippen LogP contribution in [0.4, 0.5) is 10.1 Å². The maximum absolute atomic E-state index is 13.4. The third-order valence-corrected chi connectivity index (χ3v) is 5.03. The number of nitrogens with zero attached hydrogens (tertiary/aromatic N) is 2. The minimum atomic E-state index is -0.717. The van der Waals surface area contributed by atoms with Crippen LogP contribution in [0.3, 0.4) is 0 Å². The van der Waals surface area contributed by atoms with Crippen LogP contribution in [0.1, 0.15) is 17.0 Å². The number of nitriles is 1. The molecule has 3 aromatic rings. The highest BCUT2D eigenvalue weighted by atomic mass is 19.1. The average Bonchev–Trinajstić information content (AvgIpc) is 2.82. The summed E-state index contributed by atoms with van der Waals surface area (Å²) in [7, 11) is 0. The predicted octanol–water partition coefficient (Wildman–Crippen LogP) is 3.94. The number of esters is 1. The molecular weight excluding hydrogens is 445 g/mol. The van der Waals surface area contributed by atoms with Gasteiger partial charge in [-0.1, -0.05) is 18.2 Å². The van der Waals surface area contributed by atoms with Gasteiger partial charge in [0.15, 0.2) is 6.61 Å². The molecule has 0 saturated carbocycles. The van der Waals surface area contributed by atoms with Crippen LogP contribution in [0.25, 0.3) is 0 Å². The molecule has 170 valence electrons. The van der Waals surface area contributed by atoms with E-state index in [0.29, 0.717) is 11.1 Å². The topological polar surface area (TPSA) is 138 Å². The van der Waals surface area contributed by atoms with E-state index in [9.17, 15) is 24.6 Å². The zero-order valence-corrected chi connectivity index (χ0v) is 17.4. The lowest BCUT2D eigenvalue weighted by Crippen LogP contribution is -2.21. The molecule has 10 heteroatoms. The Balaban J connectivity index is 1.49. The van der Waals surface area contributed by atoms with Crippen molar-refractivity contribution >= 4 is 11.7 Å². The number of hydrogen-bond acceptors (Lipinski definition) is 8. The van der Waals surface area contributed by atoms with Gasteiger partial charge in [-0.2, -0.15) is 5.26 Å². The minimum absolute atomic E-state index is 0.101. The third-order valence-electron chi connectivity index (χ3n) is 5.03. The molecule has 0 spiro atoms. The molecule has 34 heavy (non-hydrogen) atoms. The van der Waals surface area contributed by atoms with Crippen molar-refractivity contribution in [1.29, 1.82) is 5.26 Å². The van der Waals surface area contributed by atoms with E-state index in [1.54, 1.807) is 18.2 Å². The Hall–Kier alpha value is -4.91. The normalized spacial score (nSPS) is 14.4. The molecule has 9 nitrogen and oxygen atoms in total. The maximum atomic E-state index is 13.4. The fourth-order valence-electron chi connectivity index (χ4n) is 3.46. The second kappa shape index (κ2) is 9.30. The molecule has 0 aliphatic carbocycles. The maximum Gasteiger partial charge on any atom is 0.349 e. The van der Waals surface area contributed by atoms with E-state index in [0.717, 1.165) is 0 Å². The molecule has 3 aromatic carbocycles. The van der Waals surface area contributed by atoms with Gasteiger partial charge in [0, 0.05) is 23.8 Å². The van der Waals surface area contributed by atoms with Crippen molar-refractivity contribution in [3.63, 3.8) is 0 Å². The summed E-state index contributed by atoms with van der Waals surface area (Å²) < 4.78 is 29.5. The zero-order valence-electron chi connectivity index (χ0n) is 17.4. The molecule has 1 heterocycles. The Labute approximate surface area is 192 Å². The van der Waals surface area contributed by atoms with Crippen molar-refractivity contribution in [3.8, 4) is 23.3 Å². The number of halogens is 1. The standard InChI is InChI=1S/C24H16FN3O6/c25-15-3-1-14(2-4-15)23-19-10-9-18(11-21(19)34-24(27)20(23)12-26)33-22(29)13-32-17-7-5-16(6-8-17)28(30)31/h1-11,23H,13,27H2. The van der Waals surface area contributed by atoms with E-state index in [2.05, 4.69) is 0 Å². The molecule has 1 aliphatic rings. The fourth-order valence-corrected chi connectivity index (χ4v) is 3.46. The third kappa shape index (κ3) is 4.63. The largest absolute Gasteiger partial charge is 0.482 e. The number of fused-ring (bicyclic) bond motifs is 1. The summed E-state index contributed by atoms with van der Waals surface area (Å²) in [6.45, 7) is -0.436. The van der Waals surface area contributed by atoms with Gasteiger partial charge in [-0.25, -0.2) is 9.18 Å². The SMILES string of the molecule is N#CC1=C(N)Oc2cc(OC(=O)COc3ccc([N+](=O)[O-])cc3)ccc2C1c1ccc(F)cc1. The summed E-state index contributed by atoms with van der Waals surface area (Å²) in [4.78, 5) is 22.3. The summed E-state index contributed by atoms with van der Waals surface area (Å²) >= 11 is 0. The van der Waals surface area contributed by atoms with Crippen LogP contribution in [-0.2, 0) is 4.79 Å². The van der Waals surface area contributed by atoms with Crippen LogP contribution < -0.4 is 19.9 Å². The number of rotatable bonds is 6. The van der Waals surface area contributed by atoms with Crippen LogP contribution in [0.15, 0.2) is 78.2 Å². The second-order valence-electron chi connectivity index (χ2n) is 7.19. The quantitative estimate of drug-likeness (QED) is 0.252. The molecule has 1 unspecified atom stereocenters. The van der Waals surface area contributed by atoms with Crippen molar-refractivity contribution < 1.29 is 28.3 Å². The lowest BCUT2D eigenvalue weighted by Gasteiger charge is -2.26. The number of nitro benzene ring substituents is 1. The van der Waals surface area contributed by atoms with Gasteiger partial charge < -0.3 is 19.9 Å². The second-order valence-corrected chi connectivity index (χ2v) is 7.19. The number of carbonyl (C=O) groups is 1. The molecule has 0 radical (unpaired) electrons. The number of hydrogen-bond donors (Lipinski definition) is 1. The number of non-ortho nitro benzene ring substituents is 1. The zero-order chi connectivity index (χ0) is 24.2. The first kappa shape index (κ1) is 22.3. The van der Waals surface area contributed by atoms with Crippen LogP contribution in [0, 0.1) is 27.3 Å². The molecule has 2 N–H and O–H groups in total. The smallest absolute Gasteiger partial charge is 0.349 e. The molecule has 0 amide bonds. The van der Waals surface area contributed by atoms with Gasteiger partial charge in [0.25, 0.3) is 5.69 Å². The van der Waals surface area contributed by atoms with Crippen molar-refractivity contribution in [2.75, 3.05) is 6.61 Å². The van der Waals surface area contributed by atoms with Crippen LogP contribution in [-0.4, -0.2) is 17.5 Å². The predicted molar refractivity (Wildman–Crippen MR) is 116 cm³/mol. The van der Waals surface area contributed by atoms with E-state index in [4.69, 9.17) is 19.9 Å². The Morgan fingerprint density at radius 3 is 2.44 bits per heavy atom. The van der Waals surface area contributed by atoms with Crippen LogP contribution in [0.2, 0.25) is 0 Å². The number of nitro groups is 1. The van der Waals surface area contributed by atoms with E-state index >= 15 is 0 Å². The highest BCUT2D eigenvalue weighted by Crippen LogP contribution is 2.43. The van der Waals surface area contributed by atoms with E-state index in [-0.39, 0.29) is 34.4 Å². The molecule has 0 aromatic heterocycles. The first-order chi connectivity index (χ1) is 16.4.